The molecule has 5 nitrogen and oxygen atoms in total. The highest BCUT2D eigenvalue weighted by Crippen LogP contribution is 2.38. The van der Waals surface area contributed by atoms with Crippen LogP contribution in [0.2, 0.25) is 0 Å². The van der Waals surface area contributed by atoms with Gasteiger partial charge in [-0.2, -0.15) is 0 Å². The van der Waals surface area contributed by atoms with E-state index in [1.165, 1.54) is 32.1 Å². The van der Waals surface area contributed by atoms with Crippen LogP contribution in [-0.2, 0) is 14.2 Å². The first kappa shape index (κ1) is 15.1. The molecular weight excluding hydrogens is 270 g/mol. The predicted octanol–water partition coefficient (Wildman–Crippen LogP) is 2.93. The molecule has 0 N–H and O–H groups in total. The Morgan fingerprint density at radius 3 is 2.57 bits per heavy atom. The van der Waals surface area contributed by atoms with E-state index in [0.717, 1.165) is 6.42 Å². The van der Waals surface area contributed by atoms with Crippen molar-refractivity contribution in [1.29, 1.82) is 0 Å². The highest BCUT2D eigenvalue weighted by molar-refractivity contribution is 5.70. The summed E-state index contributed by atoms with van der Waals surface area (Å²) in [5.74, 6) is 0.702. The molecule has 3 rings (SSSR count). The smallest absolute Gasteiger partial charge is 0.410 e. The number of likely N-dealkylation sites (N-methyl/N-ethyl adjacent to an activating group) is 1. The lowest BCUT2D eigenvalue weighted by molar-refractivity contribution is -0.0259. The van der Waals surface area contributed by atoms with Gasteiger partial charge in [0.25, 0.3) is 0 Å². The summed E-state index contributed by atoms with van der Waals surface area (Å²) in [6.07, 6.45) is 6.91. The molecule has 3 atom stereocenters. The molecule has 3 aliphatic rings. The summed E-state index contributed by atoms with van der Waals surface area (Å²) in [7, 11) is 1.85. The first-order chi connectivity index (χ1) is 9.99. The fraction of sp³-hybridized carbons (Fsp3) is 0.938. The molecule has 21 heavy (non-hydrogen) atoms. The molecule has 2 saturated heterocycles. The summed E-state index contributed by atoms with van der Waals surface area (Å²) >= 11 is 0. The molecule has 1 amide bonds. The van der Waals surface area contributed by atoms with Crippen LogP contribution in [0.5, 0.6) is 0 Å². The van der Waals surface area contributed by atoms with Crippen LogP contribution >= 0.6 is 0 Å². The van der Waals surface area contributed by atoms with Gasteiger partial charge in [0.1, 0.15) is 12.9 Å². The minimum Gasteiger partial charge on any atom is -0.441 e. The quantitative estimate of drug-likeness (QED) is 0.803. The molecule has 0 aromatic heterocycles. The highest BCUT2D eigenvalue weighted by atomic mass is 16.7. The second-order valence-corrected chi connectivity index (χ2v) is 7.22. The van der Waals surface area contributed by atoms with E-state index >= 15 is 0 Å². The van der Waals surface area contributed by atoms with E-state index in [0.29, 0.717) is 5.92 Å². The zero-order valence-electron chi connectivity index (χ0n) is 13.3. The Balaban J connectivity index is 1.73. The van der Waals surface area contributed by atoms with Crippen molar-refractivity contribution < 1.29 is 19.0 Å². The number of nitrogens with zero attached hydrogens (tertiary/aromatic N) is 1. The van der Waals surface area contributed by atoms with Crippen LogP contribution < -0.4 is 0 Å². The molecule has 2 aliphatic heterocycles. The maximum atomic E-state index is 12.0. The van der Waals surface area contributed by atoms with Crippen molar-refractivity contribution in [2.75, 3.05) is 13.8 Å². The second-order valence-electron chi connectivity index (χ2n) is 7.22. The van der Waals surface area contributed by atoms with E-state index in [4.69, 9.17) is 14.2 Å². The van der Waals surface area contributed by atoms with Gasteiger partial charge in [0.15, 0.2) is 6.10 Å². The molecule has 0 bridgehead atoms. The number of carbonyl (C=O) groups excluding carboxylic acids is 1. The van der Waals surface area contributed by atoms with E-state index in [2.05, 4.69) is 0 Å². The third-order valence-corrected chi connectivity index (χ3v) is 5.36. The van der Waals surface area contributed by atoms with Crippen molar-refractivity contribution in [3.05, 3.63) is 0 Å². The van der Waals surface area contributed by atoms with Gasteiger partial charge >= 0.3 is 6.09 Å². The van der Waals surface area contributed by atoms with Gasteiger partial charge in [-0.05, 0) is 26.2 Å². The van der Waals surface area contributed by atoms with E-state index in [1.807, 2.05) is 20.9 Å². The number of ether oxygens (including phenoxy) is 3. The second kappa shape index (κ2) is 5.76. The molecule has 1 aliphatic carbocycles. The molecular formula is C16H27NO4. The molecule has 2 heterocycles. The Morgan fingerprint density at radius 2 is 1.95 bits per heavy atom. The van der Waals surface area contributed by atoms with Crippen molar-refractivity contribution in [2.45, 2.75) is 76.2 Å². The lowest BCUT2D eigenvalue weighted by Crippen LogP contribution is -2.49. The summed E-state index contributed by atoms with van der Waals surface area (Å²) in [4.78, 5) is 13.8. The Hall–Kier alpha value is -0.810. The molecule has 0 aromatic rings. The Labute approximate surface area is 126 Å². The van der Waals surface area contributed by atoms with Crippen LogP contribution in [0.25, 0.3) is 0 Å². The van der Waals surface area contributed by atoms with Gasteiger partial charge in [0, 0.05) is 7.05 Å². The van der Waals surface area contributed by atoms with E-state index in [1.54, 1.807) is 4.90 Å². The van der Waals surface area contributed by atoms with E-state index in [9.17, 15) is 4.79 Å². The summed E-state index contributed by atoms with van der Waals surface area (Å²) in [5.41, 5.74) is -0.402. The predicted molar refractivity (Wildman–Crippen MR) is 77.9 cm³/mol. The number of amides is 1. The van der Waals surface area contributed by atoms with E-state index in [-0.39, 0.29) is 31.1 Å². The van der Waals surface area contributed by atoms with Gasteiger partial charge in [-0.1, -0.05) is 32.1 Å². The van der Waals surface area contributed by atoms with Crippen molar-refractivity contribution in [2.24, 2.45) is 5.92 Å². The minimum absolute atomic E-state index is 0.103. The van der Waals surface area contributed by atoms with Gasteiger partial charge in [-0.3, -0.25) is 0 Å². The topological polar surface area (TPSA) is 48.0 Å². The SMILES string of the molecule is CN1C(=O)O[C@H](C2OCOC2(C)C)[C@@H]1CC1CCCCC1. The molecule has 5 heteroatoms. The average molecular weight is 297 g/mol. The fourth-order valence-electron chi connectivity index (χ4n) is 3.99. The number of cyclic esters (lactones) is 1. The van der Waals surface area contributed by atoms with Gasteiger partial charge in [0.05, 0.1) is 11.6 Å². The molecule has 0 radical (unpaired) electrons. The number of hydrogen-bond acceptors (Lipinski definition) is 4. The van der Waals surface area contributed by atoms with Crippen LogP contribution in [0.3, 0.4) is 0 Å². The lowest BCUT2D eigenvalue weighted by Gasteiger charge is -2.33. The molecule has 1 unspecified atom stereocenters. The zero-order chi connectivity index (χ0) is 15.0. The number of rotatable bonds is 3. The summed E-state index contributed by atoms with van der Waals surface area (Å²) in [6.45, 7) is 4.30. The van der Waals surface area contributed by atoms with Gasteiger partial charge in [-0.25, -0.2) is 4.79 Å². The average Bonchev–Trinajstić information content (AvgIpc) is 2.93. The van der Waals surface area contributed by atoms with Gasteiger partial charge < -0.3 is 19.1 Å². The molecule has 0 aromatic carbocycles. The van der Waals surface area contributed by atoms with Crippen molar-refractivity contribution in [3.8, 4) is 0 Å². The zero-order valence-corrected chi connectivity index (χ0v) is 13.3. The molecule has 120 valence electrons. The van der Waals surface area contributed by atoms with E-state index < -0.39 is 5.60 Å². The monoisotopic (exact) mass is 297 g/mol. The number of carbonyl (C=O) groups is 1. The first-order valence-corrected chi connectivity index (χ1v) is 8.18. The molecule has 0 spiro atoms. The summed E-state index contributed by atoms with van der Waals surface area (Å²) < 4.78 is 17.0. The van der Waals surface area contributed by atoms with Crippen LogP contribution in [0.15, 0.2) is 0 Å². The minimum atomic E-state index is -0.402. The lowest BCUT2D eigenvalue weighted by atomic mass is 9.81. The third kappa shape index (κ3) is 2.90. The van der Waals surface area contributed by atoms with Gasteiger partial charge in [0.2, 0.25) is 0 Å². The fourth-order valence-corrected chi connectivity index (χ4v) is 3.99. The standard InChI is InChI=1S/C16H27NO4/c1-16(2)14(19-10-20-16)13-12(17(3)15(18)21-13)9-11-7-5-4-6-8-11/h11-14H,4-10H2,1-3H3/t12-,13-,14?/m0/s1. The Bertz CT molecular complexity index is 392. The van der Waals surface area contributed by atoms with Crippen LogP contribution in [0, 0.1) is 5.92 Å². The third-order valence-electron chi connectivity index (χ3n) is 5.36. The maximum absolute atomic E-state index is 12.0. The number of hydrogen-bond donors (Lipinski definition) is 0. The highest BCUT2D eigenvalue weighted by Gasteiger charge is 2.52. The van der Waals surface area contributed by atoms with Crippen molar-refractivity contribution in [3.63, 3.8) is 0 Å². The molecule has 1 saturated carbocycles. The van der Waals surface area contributed by atoms with Crippen LogP contribution in [0.4, 0.5) is 4.79 Å². The van der Waals surface area contributed by atoms with Gasteiger partial charge in [-0.15, -0.1) is 0 Å². The largest absolute Gasteiger partial charge is 0.441 e. The van der Waals surface area contributed by atoms with Crippen LogP contribution in [0.1, 0.15) is 52.4 Å². The maximum Gasteiger partial charge on any atom is 0.410 e. The Morgan fingerprint density at radius 1 is 1.24 bits per heavy atom. The first-order valence-electron chi connectivity index (χ1n) is 8.18. The summed E-state index contributed by atoms with van der Waals surface area (Å²) in [5, 5.41) is 0. The normalized spacial score (nSPS) is 37.0. The van der Waals surface area contributed by atoms with Crippen molar-refractivity contribution in [1.82, 2.24) is 4.90 Å². The van der Waals surface area contributed by atoms with Crippen LogP contribution in [-0.4, -0.2) is 48.7 Å². The Kier molecular flexibility index (Phi) is 4.14. The summed E-state index contributed by atoms with van der Waals surface area (Å²) in [6, 6.07) is 0.103. The van der Waals surface area contributed by atoms with Crippen molar-refractivity contribution >= 4 is 6.09 Å². The molecule has 3 fully saturated rings.